The van der Waals surface area contributed by atoms with Gasteiger partial charge in [0.25, 0.3) is 0 Å². The average molecular weight is 679 g/mol. The van der Waals surface area contributed by atoms with E-state index in [1.165, 1.54) is 0 Å². The Morgan fingerprint density at radius 1 is 0.894 bits per heavy atom. The first-order chi connectivity index (χ1) is 22.3. The lowest BCUT2D eigenvalue weighted by molar-refractivity contribution is -0.130. The van der Waals surface area contributed by atoms with Gasteiger partial charge in [0.15, 0.2) is 0 Å². The number of aromatic nitrogens is 4. The van der Waals surface area contributed by atoms with Gasteiger partial charge in [-0.05, 0) is 109 Å². The van der Waals surface area contributed by atoms with Crippen LogP contribution in [0.3, 0.4) is 0 Å². The van der Waals surface area contributed by atoms with Crippen molar-refractivity contribution in [3.05, 3.63) is 78.4 Å². The lowest BCUT2D eigenvalue weighted by Gasteiger charge is -2.28. The van der Waals surface area contributed by atoms with Crippen molar-refractivity contribution in [3.63, 3.8) is 0 Å². The first-order valence-corrected chi connectivity index (χ1v) is 17.1. The molecule has 47 heavy (non-hydrogen) atoms. The number of hydrogen-bond acceptors (Lipinski definition) is 8. The molecule has 2 amide bonds. The molecule has 1 aromatic heterocycles. The maximum absolute atomic E-state index is 13.7. The SMILES string of the molecule is Cl.NCC1CCC(C(=O)N[C@@H](Cc2cccc(-c3cccc(S(=O)(=O)NC4CC4)c3)c2)C(=O)Nc2ccc(-c3nn[nH]n3)cc2)CC1. The normalized spacial score (nSPS) is 18.5. The number of rotatable bonds is 12. The molecule has 4 aromatic rings. The fourth-order valence-corrected chi connectivity index (χ4v) is 7.17. The van der Waals surface area contributed by atoms with Crippen molar-refractivity contribution in [1.29, 1.82) is 0 Å². The van der Waals surface area contributed by atoms with Crippen LogP contribution in [0, 0.1) is 11.8 Å². The lowest BCUT2D eigenvalue weighted by Crippen LogP contribution is -2.48. The Labute approximate surface area is 280 Å². The van der Waals surface area contributed by atoms with Crippen molar-refractivity contribution in [3.8, 4) is 22.5 Å². The van der Waals surface area contributed by atoms with E-state index in [9.17, 15) is 18.0 Å². The van der Waals surface area contributed by atoms with Crippen LogP contribution >= 0.6 is 12.4 Å². The van der Waals surface area contributed by atoms with Crippen molar-refractivity contribution in [2.75, 3.05) is 11.9 Å². The van der Waals surface area contributed by atoms with Crippen molar-refractivity contribution < 1.29 is 18.0 Å². The van der Waals surface area contributed by atoms with Gasteiger partial charge in [0, 0.05) is 29.6 Å². The predicted molar refractivity (Wildman–Crippen MR) is 181 cm³/mol. The van der Waals surface area contributed by atoms with Crippen LogP contribution in [0.4, 0.5) is 5.69 Å². The zero-order valence-corrected chi connectivity index (χ0v) is 27.4. The number of amides is 2. The highest BCUT2D eigenvalue weighted by Gasteiger charge is 2.30. The summed E-state index contributed by atoms with van der Waals surface area (Å²) in [6.07, 6.45) is 5.22. The number of halogens is 1. The van der Waals surface area contributed by atoms with Crippen LogP contribution in [0.1, 0.15) is 44.1 Å². The van der Waals surface area contributed by atoms with Gasteiger partial charge < -0.3 is 16.4 Å². The van der Waals surface area contributed by atoms with Gasteiger partial charge in [0.1, 0.15) is 6.04 Å². The summed E-state index contributed by atoms with van der Waals surface area (Å²) in [6, 6.07) is 20.6. The van der Waals surface area contributed by atoms with E-state index < -0.39 is 16.1 Å². The summed E-state index contributed by atoms with van der Waals surface area (Å²) in [5, 5.41) is 19.9. The molecule has 1 atom stereocenters. The van der Waals surface area contributed by atoms with Crippen molar-refractivity contribution in [2.24, 2.45) is 17.6 Å². The summed E-state index contributed by atoms with van der Waals surface area (Å²) >= 11 is 0. The first kappa shape index (κ1) is 34.2. The van der Waals surface area contributed by atoms with Crippen molar-refractivity contribution in [1.82, 2.24) is 30.7 Å². The lowest BCUT2D eigenvalue weighted by atomic mass is 9.81. The van der Waals surface area contributed by atoms with Crippen LogP contribution < -0.4 is 21.1 Å². The van der Waals surface area contributed by atoms with Gasteiger partial charge in [-0.25, -0.2) is 13.1 Å². The molecule has 12 nitrogen and oxygen atoms in total. The van der Waals surface area contributed by atoms with E-state index >= 15 is 0 Å². The number of tetrazole rings is 1. The number of carbonyl (C=O) groups is 2. The molecule has 248 valence electrons. The monoisotopic (exact) mass is 678 g/mol. The van der Waals surface area contributed by atoms with E-state index in [-0.39, 0.29) is 47.5 Å². The van der Waals surface area contributed by atoms with E-state index in [4.69, 9.17) is 5.73 Å². The number of carbonyl (C=O) groups excluding carboxylic acids is 2. The molecule has 3 aromatic carbocycles. The van der Waals surface area contributed by atoms with Gasteiger partial charge in [0.2, 0.25) is 27.7 Å². The highest BCUT2D eigenvalue weighted by molar-refractivity contribution is 7.89. The van der Waals surface area contributed by atoms with Crippen LogP contribution in [-0.2, 0) is 26.0 Å². The standard InChI is InChI=1S/C33H38N8O4S.ClH/c34-20-21-7-9-24(10-8-21)32(42)36-30(33(43)35-27-13-11-23(12-14-27)31-37-40-41-38-31)18-22-3-1-4-25(17-22)26-5-2-6-29(19-26)46(44,45)39-28-15-16-28;/h1-6,11-14,17,19,21,24,28,30,39H,7-10,15-16,18,20,34H2,(H,35,43)(H,36,42)(H,37,38,40,41);1H/t21?,24?,30-;/m0./s1. The van der Waals surface area contributed by atoms with Gasteiger partial charge in [-0.15, -0.1) is 22.6 Å². The summed E-state index contributed by atoms with van der Waals surface area (Å²) in [5.41, 5.74) is 9.52. The molecule has 0 unspecified atom stereocenters. The Morgan fingerprint density at radius 3 is 2.26 bits per heavy atom. The van der Waals surface area contributed by atoms with E-state index in [0.29, 0.717) is 24.0 Å². The molecular weight excluding hydrogens is 640 g/mol. The Balaban J connectivity index is 0.00000433. The van der Waals surface area contributed by atoms with Gasteiger partial charge in [0.05, 0.1) is 4.90 Å². The van der Waals surface area contributed by atoms with Crippen molar-refractivity contribution >= 4 is 39.9 Å². The predicted octanol–water partition coefficient (Wildman–Crippen LogP) is 3.83. The molecule has 0 bridgehead atoms. The topological polar surface area (TPSA) is 185 Å². The third-order valence-corrected chi connectivity index (χ3v) is 10.2. The summed E-state index contributed by atoms with van der Waals surface area (Å²) < 4.78 is 28.4. The second-order valence-corrected chi connectivity index (χ2v) is 13.9. The minimum Gasteiger partial charge on any atom is -0.344 e. The summed E-state index contributed by atoms with van der Waals surface area (Å²) in [5.74, 6) is 0.211. The van der Waals surface area contributed by atoms with Crippen LogP contribution in [0.15, 0.2) is 77.7 Å². The number of nitrogens with two attached hydrogens (primary N) is 1. The highest BCUT2D eigenvalue weighted by Crippen LogP contribution is 2.29. The maximum atomic E-state index is 13.7. The molecule has 6 rings (SSSR count). The van der Waals surface area contributed by atoms with Gasteiger partial charge >= 0.3 is 0 Å². The fourth-order valence-electron chi connectivity index (χ4n) is 5.82. The zero-order valence-electron chi connectivity index (χ0n) is 25.8. The average Bonchev–Trinajstić information content (AvgIpc) is 3.71. The quantitative estimate of drug-likeness (QED) is 0.150. The number of H-pyrrole nitrogens is 1. The third-order valence-electron chi connectivity index (χ3n) is 8.68. The molecule has 0 radical (unpaired) electrons. The van der Waals surface area contributed by atoms with Crippen molar-refractivity contribution in [2.45, 2.75) is 61.9 Å². The number of nitrogens with one attached hydrogen (secondary N) is 4. The van der Waals surface area contributed by atoms with E-state index in [2.05, 4.69) is 36.0 Å². The van der Waals surface area contributed by atoms with Crippen LogP contribution in [-0.4, -0.2) is 59.5 Å². The molecule has 0 spiro atoms. The molecule has 2 aliphatic rings. The minimum atomic E-state index is -3.61. The highest BCUT2D eigenvalue weighted by atomic mass is 35.5. The Kier molecular flexibility index (Phi) is 11.0. The van der Waals surface area contributed by atoms with E-state index in [1.54, 1.807) is 42.5 Å². The molecule has 0 saturated heterocycles. The number of anilines is 1. The molecule has 1 heterocycles. The first-order valence-electron chi connectivity index (χ1n) is 15.6. The van der Waals surface area contributed by atoms with Crippen LogP contribution in [0.5, 0.6) is 0 Å². The minimum absolute atomic E-state index is 0. The van der Waals surface area contributed by atoms with Gasteiger partial charge in [-0.3, -0.25) is 9.59 Å². The molecule has 2 fully saturated rings. The third kappa shape index (κ3) is 8.80. The molecule has 2 saturated carbocycles. The van der Waals surface area contributed by atoms with E-state index in [0.717, 1.165) is 60.8 Å². The summed E-state index contributed by atoms with van der Waals surface area (Å²) in [4.78, 5) is 27.3. The number of hydrogen-bond donors (Lipinski definition) is 5. The maximum Gasteiger partial charge on any atom is 0.247 e. The summed E-state index contributed by atoms with van der Waals surface area (Å²) in [6.45, 7) is 0.618. The van der Waals surface area contributed by atoms with Crippen LogP contribution in [0.2, 0.25) is 0 Å². The van der Waals surface area contributed by atoms with Gasteiger partial charge in [-0.1, -0.05) is 36.4 Å². The smallest absolute Gasteiger partial charge is 0.247 e. The van der Waals surface area contributed by atoms with E-state index in [1.807, 2.05) is 30.3 Å². The Bertz CT molecular complexity index is 1770. The number of nitrogens with zero attached hydrogens (tertiary/aromatic N) is 3. The number of sulfonamides is 1. The summed E-state index contributed by atoms with van der Waals surface area (Å²) in [7, 11) is -3.61. The van der Waals surface area contributed by atoms with Gasteiger partial charge in [-0.2, -0.15) is 5.21 Å². The molecule has 2 aliphatic carbocycles. The molecular formula is C33H39ClN8O4S. The second kappa shape index (κ2) is 15.2. The largest absolute Gasteiger partial charge is 0.344 e. The Morgan fingerprint density at radius 2 is 1.60 bits per heavy atom. The second-order valence-electron chi connectivity index (χ2n) is 12.1. The number of aromatic amines is 1. The van der Waals surface area contributed by atoms with Crippen LogP contribution in [0.25, 0.3) is 22.5 Å². The molecule has 14 heteroatoms. The molecule has 0 aliphatic heterocycles. The fraction of sp³-hybridized carbons (Fsp3) is 0.364. The Hall–Kier alpha value is -4.17. The molecule has 6 N–H and O–H groups in total. The number of benzene rings is 3. The zero-order chi connectivity index (χ0) is 32.1.